The Bertz CT molecular complexity index is 1470. The maximum Gasteiger partial charge on any atom is 0.243 e. The molecule has 0 radical (unpaired) electrons. The molecule has 11 nitrogen and oxygen atoms in total. The molecule has 0 saturated carbocycles. The van der Waals surface area contributed by atoms with Gasteiger partial charge < -0.3 is 9.47 Å². The fourth-order valence-corrected chi connectivity index (χ4v) is 5.36. The Balaban J connectivity index is 0.00000400. The maximum absolute atomic E-state index is 13.3. The number of methoxy groups -OCH3 is 2. The minimum absolute atomic E-state index is 0. The monoisotopic (exact) mass is 549 g/mol. The van der Waals surface area contributed by atoms with E-state index in [4.69, 9.17) is 9.47 Å². The molecular weight excluding hydrogens is 521 g/mol. The van der Waals surface area contributed by atoms with Crippen molar-refractivity contribution in [1.29, 1.82) is 0 Å². The molecule has 3 aromatic heterocycles. The van der Waals surface area contributed by atoms with Gasteiger partial charge in [-0.3, -0.25) is 9.29 Å². The first-order valence-electron chi connectivity index (χ1n) is 11.2. The molecule has 4 aromatic rings. The zero-order valence-corrected chi connectivity index (χ0v) is 22.5. The van der Waals surface area contributed by atoms with Gasteiger partial charge in [0.15, 0.2) is 16.6 Å². The summed E-state index contributed by atoms with van der Waals surface area (Å²) in [6, 6.07) is 5.19. The van der Waals surface area contributed by atoms with E-state index in [0.29, 0.717) is 28.0 Å². The van der Waals surface area contributed by atoms with Crippen molar-refractivity contribution < 1.29 is 23.7 Å². The molecule has 1 N–H and O–H groups in total. The predicted molar refractivity (Wildman–Crippen MR) is 139 cm³/mol. The van der Waals surface area contributed by atoms with E-state index in [0.717, 1.165) is 18.1 Å². The summed E-state index contributed by atoms with van der Waals surface area (Å²) >= 11 is 1.37. The number of thiazole rings is 1. The second-order valence-corrected chi connectivity index (χ2v) is 11.4. The average Bonchev–Trinajstić information content (AvgIpc) is 3.52. The van der Waals surface area contributed by atoms with Crippen LogP contribution in [0.15, 0.2) is 36.0 Å². The largest absolute Gasteiger partial charge is 0.494 e. The fraction of sp³-hybridized carbons (Fsp3) is 0.348. The number of ether oxygens (including phenoxy) is 2. The van der Waals surface area contributed by atoms with E-state index in [2.05, 4.69) is 29.9 Å². The van der Waals surface area contributed by atoms with Crippen molar-refractivity contribution in [3.05, 3.63) is 53.3 Å². The highest BCUT2D eigenvalue weighted by molar-refractivity contribution is 7.93. The molecule has 0 spiro atoms. The van der Waals surface area contributed by atoms with Gasteiger partial charge in [-0.1, -0.05) is 19.9 Å². The van der Waals surface area contributed by atoms with Crippen LogP contribution in [0.2, 0.25) is 0 Å². The number of halogens is 1. The molecule has 0 unspecified atom stereocenters. The Morgan fingerprint density at radius 1 is 1.11 bits per heavy atom. The fourth-order valence-electron chi connectivity index (χ4n) is 3.45. The molecule has 3 heterocycles. The quantitative estimate of drug-likeness (QED) is 0.310. The van der Waals surface area contributed by atoms with Gasteiger partial charge in [-0.25, -0.2) is 27.8 Å². The van der Waals surface area contributed by atoms with Gasteiger partial charge in [0.1, 0.15) is 23.0 Å². The molecule has 0 saturated heterocycles. The summed E-state index contributed by atoms with van der Waals surface area (Å²) in [7, 11) is -1.02. The van der Waals surface area contributed by atoms with Gasteiger partial charge in [0, 0.05) is 13.2 Å². The zero-order chi connectivity index (χ0) is 26.7. The van der Waals surface area contributed by atoms with E-state index in [1.54, 1.807) is 18.2 Å². The molecule has 0 fully saturated rings. The van der Waals surface area contributed by atoms with E-state index in [9.17, 15) is 12.8 Å². The topological polar surface area (TPSA) is 134 Å². The van der Waals surface area contributed by atoms with Crippen molar-refractivity contribution >= 4 is 27.3 Å². The van der Waals surface area contributed by atoms with Crippen LogP contribution in [0.25, 0.3) is 16.5 Å². The zero-order valence-electron chi connectivity index (χ0n) is 20.8. The third-order valence-electron chi connectivity index (χ3n) is 5.50. The Kier molecular flexibility index (Phi) is 7.68. The molecule has 14 heteroatoms. The van der Waals surface area contributed by atoms with Gasteiger partial charge in [0.05, 0.1) is 37.6 Å². The van der Waals surface area contributed by atoms with Gasteiger partial charge in [0.2, 0.25) is 16.0 Å². The van der Waals surface area contributed by atoms with Crippen molar-refractivity contribution in [3.63, 3.8) is 0 Å². The number of nitrogens with zero attached hydrogens (tertiary/aromatic N) is 6. The molecule has 0 aliphatic carbocycles. The first-order valence-corrected chi connectivity index (χ1v) is 13.7. The van der Waals surface area contributed by atoms with Crippen LogP contribution in [0.4, 0.5) is 10.3 Å². The highest BCUT2D eigenvalue weighted by atomic mass is 32.2. The number of sulfonamides is 1. The summed E-state index contributed by atoms with van der Waals surface area (Å²) in [5, 5.41) is 9.93. The second kappa shape index (κ2) is 10.8. The lowest BCUT2D eigenvalue weighted by atomic mass is 10.2. The smallest absolute Gasteiger partial charge is 0.243 e. The van der Waals surface area contributed by atoms with Crippen molar-refractivity contribution in [1.82, 2.24) is 29.7 Å². The standard InChI is InChI=1S/C23H26FN7O4S2.H2/c1-13(2)16-12-36-22(27-16)21-28-29-23(31(21)20-17(34-4)7-6-8-18(20)35-5)30-37(32,33)14(3)9-19-25-10-15(24)11-26-19;/h6-8,10-14H,9H2,1-5H3,(H,29,30);1H/t14-;/m1./s1. The van der Waals surface area contributed by atoms with Gasteiger partial charge in [-0.05, 0) is 25.0 Å². The highest BCUT2D eigenvalue weighted by Gasteiger charge is 2.29. The number of hydrogen-bond donors (Lipinski definition) is 1. The third kappa shape index (κ3) is 5.54. The Hall–Kier alpha value is -3.65. The van der Waals surface area contributed by atoms with Crippen molar-refractivity contribution in [2.75, 3.05) is 18.9 Å². The van der Waals surface area contributed by atoms with Crippen LogP contribution in [0.3, 0.4) is 0 Å². The SMILES string of the molecule is COc1cccc(OC)c1-n1c(NS(=O)(=O)[C@H](C)Cc2ncc(F)cn2)nnc1-c1nc(C(C)C)cs1.[HH]. The number of benzene rings is 1. The van der Waals surface area contributed by atoms with Crippen molar-refractivity contribution in [2.45, 2.75) is 38.4 Å². The molecular formula is C23H28FN7O4S2. The molecule has 1 atom stereocenters. The van der Waals surface area contributed by atoms with Crippen LogP contribution >= 0.6 is 11.3 Å². The van der Waals surface area contributed by atoms with Gasteiger partial charge >= 0.3 is 0 Å². The van der Waals surface area contributed by atoms with Crippen LogP contribution in [-0.2, 0) is 16.4 Å². The van der Waals surface area contributed by atoms with Crippen molar-refractivity contribution in [3.8, 4) is 28.0 Å². The number of rotatable bonds is 10. The van der Waals surface area contributed by atoms with Crippen LogP contribution in [0, 0.1) is 5.82 Å². The lowest BCUT2D eigenvalue weighted by Crippen LogP contribution is -2.29. The van der Waals surface area contributed by atoms with E-state index < -0.39 is 21.1 Å². The molecule has 0 aliphatic rings. The maximum atomic E-state index is 13.3. The van der Waals surface area contributed by atoms with Gasteiger partial charge in [-0.15, -0.1) is 21.5 Å². The van der Waals surface area contributed by atoms with Crippen LogP contribution < -0.4 is 14.2 Å². The van der Waals surface area contributed by atoms with Gasteiger partial charge in [-0.2, -0.15) is 0 Å². The molecule has 0 aliphatic heterocycles. The van der Waals surface area contributed by atoms with E-state index in [1.807, 2.05) is 19.2 Å². The summed E-state index contributed by atoms with van der Waals surface area (Å²) < 4.78 is 55.0. The third-order valence-corrected chi connectivity index (χ3v) is 8.05. The molecule has 1 aromatic carbocycles. The van der Waals surface area contributed by atoms with E-state index in [-0.39, 0.29) is 25.5 Å². The second-order valence-electron chi connectivity index (χ2n) is 8.41. The lowest BCUT2D eigenvalue weighted by molar-refractivity contribution is 0.391. The normalized spacial score (nSPS) is 12.5. The molecule has 37 heavy (non-hydrogen) atoms. The average molecular weight is 550 g/mol. The Labute approximate surface area is 219 Å². The lowest BCUT2D eigenvalue weighted by Gasteiger charge is -2.18. The minimum Gasteiger partial charge on any atom is -0.494 e. The molecule has 198 valence electrons. The first kappa shape index (κ1) is 26.4. The molecule has 0 bridgehead atoms. The van der Waals surface area contributed by atoms with E-state index >= 15 is 0 Å². The molecule has 4 rings (SSSR count). The minimum atomic E-state index is -4.01. The van der Waals surface area contributed by atoms with E-state index in [1.165, 1.54) is 37.0 Å². The number of para-hydroxylation sites is 1. The number of hydrogen-bond acceptors (Lipinski definition) is 10. The highest BCUT2D eigenvalue weighted by Crippen LogP contribution is 2.38. The summed E-state index contributed by atoms with van der Waals surface area (Å²) in [5.41, 5.74) is 1.28. The Morgan fingerprint density at radius 3 is 2.32 bits per heavy atom. The Morgan fingerprint density at radius 2 is 1.76 bits per heavy atom. The number of anilines is 1. The molecule has 0 amide bonds. The summed E-state index contributed by atoms with van der Waals surface area (Å²) in [4.78, 5) is 12.4. The summed E-state index contributed by atoms with van der Waals surface area (Å²) in [6.45, 7) is 5.55. The van der Waals surface area contributed by atoms with Crippen LogP contribution in [0.5, 0.6) is 11.5 Å². The van der Waals surface area contributed by atoms with Crippen molar-refractivity contribution in [2.24, 2.45) is 0 Å². The van der Waals surface area contributed by atoms with Crippen LogP contribution in [-0.4, -0.2) is 57.6 Å². The van der Waals surface area contributed by atoms with Crippen LogP contribution in [0.1, 0.15) is 39.6 Å². The summed E-state index contributed by atoms with van der Waals surface area (Å²) in [6.07, 6.45) is 1.94. The number of nitrogens with one attached hydrogen (secondary N) is 1. The van der Waals surface area contributed by atoms with Gasteiger partial charge in [0.25, 0.3) is 0 Å². The first-order chi connectivity index (χ1) is 17.6. The number of aromatic nitrogens is 6. The predicted octanol–water partition coefficient (Wildman–Crippen LogP) is 4.08. The summed E-state index contributed by atoms with van der Waals surface area (Å²) in [5.74, 6) is 0.833.